The van der Waals surface area contributed by atoms with Crippen LogP contribution in [0.1, 0.15) is 104 Å². The Hall–Kier alpha value is -2.87. The first-order valence-corrected chi connectivity index (χ1v) is 14.4. The number of ether oxygens (including phenoxy) is 2. The van der Waals surface area contributed by atoms with Crippen LogP contribution in [0, 0.1) is 22.7 Å². The molecule has 3 rings (SSSR count). The number of nitrogens with zero attached hydrogens (tertiary/aromatic N) is 2. The Labute approximate surface area is 223 Å². The fraction of sp³-hybridized carbons (Fsp3) is 0.594. The van der Waals surface area contributed by atoms with E-state index in [0.29, 0.717) is 12.4 Å². The van der Waals surface area contributed by atoms with Crippen LogP contribution in [0.25, 0.3) is 11.3 Å². The zero-order valence-corrected chi connectivity index (χ0v) is 22.8. The van der Waals surface area contributed by atoms with Crippen LogP contribution in [0.15, 0.2) is 42.6 Å². The molecule has 1 fully saturated rings. The molecule has 0 saturated heterocycles. The fourth-order valence-electron chi connectivity index (χ4n) is 5.11. The summed E-state index contributed by atoms with van der Waals surface area (Å²) in [6.07, 6.45) is 16.7. The van der Waals surface area contributed by atoms with E-state index in [-0.39, 0.29) is 17.3 Å². The van der Waals surface area contributed by atoms with Crippen LogP contribution in [0.3, 0.4) is 0 Å². The van der Waals surface area contributed by atoms with Gasteiger partial charge in [0, 0.05) is 5.56 Å². The zero-order chi connectivity index (χ0) is 26.3. The number of rotatable bonds is 15. The molecule has 1 aliphatic rings. The molecule has 1 aromatic carbocycles. The van der Waals surface area contributed by atoms with Gasteiger partial charge in [0.2, 0.25) is 0 Å². The largest absolute Gasteiger partial charge is 0.492 e. The smallest absolute Gasteiger partial charge is 0.314 e. The molecule has 1 aliphatic carbocycles. The van der Waals surface area contributed by atoms with Crippen molar-refractivity contribution in [3.05, 3.63) is 42.6 Å². The van der Waals surface area contributed by atoms with Crippen LogP contribution in [0.2, 0.25) is 0 Å². The first-order valence-electron chi connectivity index (χ1n) is 14.4. The SMILES string of the molecule is CCCCCCCCC[C@]1(C#N)CC[C@H](C(=O)Oc2ccc(-c3ccc(OCCCC)cn3)cc2)CC1. The minimum Gasteiger partial charge on any atom is -0.492 e. The molecule has 1 heterocycles. The van der Waals surface area contributed by atoms with E-state index in [2.05, 4.69) is 24.9 Å². The average molecular weight is 505 g/mol. The summed E-state index contributed by atoms with van der Waals surface area (Å²) >= 11 is 0. The van der Waals surface area contributed by atoms with Crippen LogP contribution < -0.4 is 9.47 Å². The van der Waals surface area contributed by atoms with Gasteiger partial charge in [0.15, 0.2) is 0 Å². The van der Waals surface area contributed by atoms with Crippen molar-refractivity contribution in [1.29, 1.82) is 5.26 Å². The van der Waals surface area contributed by atoms with E-state index in [9.17, 15) is 10.1 Å². The highest BCUT2D eigenvalue weighted by Crippen LogP contribution is 2.43. The Morgan fingerprint density at radius 2 is 1.57 bits per heavy atom. The second kappa shape index (κ2) is 15.4. The van der Waals surface area contributed by atoms with E-state index in [1.807, 2.05) is 36.4 Å². The van der Waals surface area contributed by atoms with Crippen molar-refractivity contribution in [2.24, 2.45) is 11.3 Å². The molecule has 0 unspecified atom stereocenters. The van der Waals surface area contributed by atoms with E-state index in [1.165, 1.54) is 38.5 Å². The molecule has 0 spiro atoms. The monoisotopic (exact) mass is 504 g/mol. The Kier molecular flexibility index (Phi) is 11.9. The third-order valence-corrected chi connectivity index (χ3v) is 7.64. The Morgan fingerprint density at radius 1 is 0.919 bits per heavy atom. The van der Waals surface area contributed by atoms with Gasteiger partial charge in [0.1, 0.15) is 11.5 Å². The second-order valence-electron chi connectivity index (χ2n) is 10.6. The molecule has 0 amide bonds. The number of hydrogen-bond donors (Lipinski definition) is 0. The minimum atomic E-state index is -0.258. The van der Waals surface area contributed by atoms with Crippen LogP contribution >= 0.6 is 0 Å². The molecule has 1 saturated carbocycles. The topological polar surface area (TPSA) is 72.2 Å². The highest BCUT2D eigenvalue weighted by atomic mass is 16.5. The summed E-state index contributed by atoms with van der Waals surface area (Å²) in [5.41, 5.74) is 1.55. The van der Waals surface area contributed by atoms with Crippen molar-refractivity contribution >= 4 is 5.97 Å². The van der Waals surface area contributed by atoms with Gasteiger partial charge in [-0.2, -0.15) is 5.26 Å². The van der Waals surface area contributed by atoms with Gasteiger partial charge in [-0.25, -0.2) is 0 Å². The van der Waals surface area contributed by atoms with E-state index in [0.717, 1.165) is 68.4 Å². The van der Waals surface area contributed by atoms with Crippen LogP contribution in [-0.4, -0.2) is 17.6 Å². The summed E-state index contributed by atoms with van der Waals surface area (Å²) < 4.78 is 11.4. The number of esters is 1. The third-order valence-electron chi connectivity index (χ3n) is 7.64. The molecule has 5 nitrogen and oxygen atoms in total. The summed E-state index contributed by atoms with van der Waals surface area (Å²) in [7, 11) is 0. The van der Waals surface area contributed by atoms with Crippen molar-refractivity contribution in [3.63, 3.8) is 0 Å². The quantitative estimate of drug-likeness (QED) is 0.138. The number of carbonyl (C=O) groups is 1. The minimum absolute atomic E-state index is 0.128. The van der Waals surface area contributed by atoms with Gasteiger partial charge in [-0.3, -0.25) is 9.78 Å². The van der Waals surface area contributed by atoms with Gasteiger partial charge in [-0.1, -0.05) is 65.2 Å². The molecule has 0 bridgehead atoms. The standard InChI is InChI=1S/C32H44N2O3/c1-3-5-7-8-9-10-11-20-32(25-33)21-18-27(19-22-32)31(35)37-28-14-12-26(13-15-28)30-17-16-29(24-34-30)36-23-6-4-2/h12-17,24,27H,3-11,18-23H2,1-2H3/t27-,32-. The molecule has 0 aliphatic heterocycles. The van der Waals surface area contributed by atoms with Crippen molar-refractivity contribution in [2.75, 3.05) is 6.61 Å². The zero-order valence-electron chi connectivity index (χ0n) is 22.8. The van der Waals surface area contributed by atoms with Crippen molar-refractivity contribution in [1.82, 2.24) is 4.98 Å². The van der Waals surface area contributed by atoms with E-state index in [1.54, 1.807) is 6.20 Å². The highest BCUT2D eigenvalue weighted by molar-refractivity contribution is 5.75. The maximum Gasteiger partial charge on any atom is 0.314 e. The lowest BCUT2D eigenvalue weighted by atomic mass is 9.69. The van der Waals surface area contributed by atoms with Gasteiger partial charge in [0.05, 0.1) is 35.9 Å². The van der Waals surface area contributed by atoms with Gasteiger partial charge >= 0.3 is 5.97 Å². The summed E-state index contributed by atoms with van der Waals surface area (Å²) in [4.78, 5) is 17.3. The Morgan fingerprint density at radius 3 is 2.19 bits per heavy atom. The molecule has 5 heteroatoms. The van der Waals surface area contributed by atoms with Crippen molar-refractivity contribution < 1.29 is 14.3 Å². The molecule has 0 N–H and O–H groups in total. The second-order valence-corrected chi connectivity index (χ2v) is 10.6. The number of pyridine rings is 1. The summed E-state index contributed by atoms with van der Waals surface area (Å²) in [6.45, 7) is 5.08. The van der Waals surface area contributed by atoms with Gasteiger partial charge in [-0.05, 0) is 74.9 Å². The lowest BCUT2D eigenvalue weighted by Crippen LogP contribution is -2.31. The lowest BCUT2D eigenvalue weighted by molar-refractivity contribution is -0.140. The molecule has 0 atom stereocenters. The normalized spacial score (nSPS) is 19.2. The van der Waals surface area contributed by atoms with Gasteiger partial charge in [-0.15, -0.1) is 0 Å². The first-order chi connectivity index (χ1) is 18.1. The Bertz CT molecular complexity index is 971. The molecule has 1 aromatic heterocycles. The molecular weight excluding hydrogens is 460 g/mol. The van der Waals surface area contributed by atoms with Crippen molar-refractivity contribution in [3.8, 4) is 28.8 Å². The maximum atomic E-state index is 12.8. The molecule has 2 aromatic rings. The number of benzene rings is 1. The predicted octanol–water partition coefficient (Wildman–Crippen LogP) is 8.67. The van der Waals surface area contributed by atoms with Crippen LogP contribution in [0.4, 0.5) is 0 Å². The Balaban J connectivity index is 1.43. The number of carbonyl (C=O) groups excluding carboxylic acids is 1. The predicted molar refractivity (Wildman–Crippen MR) is 148 cm³/mol. The van der Waals surface area contributed by atoms with E-state index >= 15 is 0 Å². The lowest BCUT2D eigenvalue weighted by Gasteiger charge is -2.34. The van der Waals surface area contributed by atoms with Crippen LogP contribution in [0.5, 0.6) is 11.5 Å². The highest BCUT2D eigenvalue weighted by Gasteiger charge is 2.37. The summed E-state index contributed by atoms with van der Waals surface area (Å²) in [5, 5.41) is 9.88. The van der Waals surface area contributed by atoms with E-state index < -0.39 is 0 Å². The summed E-state index contributed by atoms with van der Waals surface area (Å²) in [5.74, 6) is 1.02. The molecule has 37 heavy (non-hydrogen) atoms. The molecular formula is C32H44N2O3. The third kappa shape index (κ3) is 9.18. The number of nitriles is 1. The maximum absolute atomic E-state index is 12.8. The average Bonchev–Trinajstić information content (AvgIpc) is 2.94. The fourth-order valence-corrected chi connectivity index (χ4v) is 5.11. The van der Waals surface area contributed by atoms with Gasteiger partial charge in [0.25, 0.3) is 0 Å². The number of hydrogen-bond acceptors (Lipinski definition) is 5. The molecule has 0 radical (unpaired) electrons. The van der Waals surface area contributed by atoms with Gasteiger partial charge < -0.3 is 9.47 Å². The molecule has 200 valence electrons. The van der Waals surface area contributed by atoms with Crippen LogP contribution in [-0.2, 0) is 4.79 Å². The summed E-state index contributed by atoms with van der Waals surface area (Å²) in [6, 6.07) is 14.0. The number of unbranched alkanes of at least 4 members (excludes halogenated alkanes) is 7. The first kappa shape index (κ1) is 28.7. The van der Waals surface area contributed by atoms with E-state index in [4.69, 9.17) is 9.47 Å². The number of aromatic nitrogens is 1. The van der Waals surface area contributed by atoms with Crippen molar-refractivity contribution in [2.45, 2.75) is 104 Å².